The fourth-order valence-electron chi connectivity index (χ4n) is 3.01. The van der Waals surface area contributed by atoms with E-state index in [1.165, 1.54) is 0 Å². The van der Waals surface area contributed by atoms with Crippen LogP contribution in [0.2, 0.25) is 0 Å². The van der Waals surface area contributed by atoms with Crippen molar-refractivity contribution in [3.8, 4) is 0 Å². The van der Waals surface area contributed by atoms with Crippen molar-refractivity contribution in [3.05, 3.63) is 24.3 Å². The summed E-state index contributed by atoms with van der Waals surface area (Å²) in [4.78, 5) is 18.0. The molecule has 0 saturated carbocycles. The molecule has 2 aromatic heterocycles. The highest BCUT2D eigenvalue weighted by Gasteiger charge is 2.15. The molecule has 0 amide bonds. The van der Waals surface area contributed by atoms with E-state index in [2.05, 4.69) is 41.2 Å². The van der Waals surface area contributed by atoms with Gasteiger partial charge in [-0.2, -0.15) is 15.0 Å². The molecule has 0 radical (unpaired) electrons. The van der Waals surface area contributed by atoms with E-state index in [4.69, 9.17) is 5.11 Å². The summed E-state index contributed by atoms with van der Waals surface area (Å²) in [6, 6.07) is 7.99. The quantitative estimate of drug-likeness (QED) is 0.344. The minimum Gasteiger partial charge on any atom is -0.396 e. The van der Waals surface area contributed by atoms with Gasteiger partial charge in [-0.05, 0) is 44.0 Å². The fourth-order valence-corrected chi connectivity index (χ4v) is 3.87. The molecule has 0 bridgehead atoms. The summed E-state index contributed by atoms with van der Waals surface area (Å²) >= 11 is 1.55. The Bertz CT molecular complexity index is 878. The van der Waals surface area contributed by atoms with Gasteiger partial charge in [-0.25, -0.2) is 4.98 Å². The molecule has 1 unspecified atom stereocenters. The predicted octanol–water partition coefficient (Wildman–Crippen LogP) is 2.04. The maximum atomic E-state index is 8.99. The fraction of sp³-hybridized carbons (Fsp3) is 0.444. The van der Waals surface area contributed by atoms with Gasteiger partial charge in [0.25, 0.3) is 0 Å². The first kappa shape index (κ1) is 18.8. The number of anilines is 4. The molecule has 148 valence electrons. The first-order chi connectivity index (χ1) is 13.8. The predicted molar refractivity (Wildman–Crippen MR) is 112 cm³/mol. The normalized spacial score (nSPS) is 16.4. The molecule has 0 spiro atoms. The summed E-state index contributed by atoms with van der Waals surface area (Å²) in [5, 5.41) is 22.7. The molecular weight excluding hydrogens is 376 g/mol. The molecule has 1 atom stereocenters. The van der Waals surface area contributed by atoms with Gasteiger partial charge in [-0.1, -0.05) is 23.5 Å². The van der Waals surface area contributed by atoms with E-state index in [9.17, 15) is 0 Å². The van der Waals surface area contributed by atoms with Gasteiger partial charge in [0.15, 0.2) is 5.13 Å². The van der Waals surface area contributed by atoms with Crippen molar-refractivity contribution in [2.75, 3.05) is 48.7 Å². The van der Waals surface area contributed by atoms with Crippen molar-refractivity contribution in [3.63, 3.8) is 0 Å². The van der Waals surface area contributed by atoms with Gasteiger partial charge in [0, 0.05) is 19.7 Å². The first-order valence-corrected chi connectivity index (χ1v) is 10.3. The lowest BCUT2D eigenvalue weighted by Gasteiger charge is -2.12. The third kappa shape index (κ3) is 4.83. The Morgan fingerprint density at radius 1 is 1.07 bits per heavy atom. The lowest BCUT2D eigenvalue weighted by atomic mass is 10.1. The summed E-state index contributed by atoms with van der Waals surface area (Å²) in [6.45, 7) is 3.59. The van der Waals surface area contributed by atoms with Crippen LogP contribution >= 0.6 is 11.3 Å². The highest BCUT2D eigenvalue weighted by molar-refractivity contribution is 7.22. The van der Waals surface area contributed by atoms with Crippen molar-refractivity contribution in [2.45, 2.75) is 12.8 Å². The summed E-state index contributed by atoms with van der Waals surface area (Å²) in [5.41, 5.74) is 0.942. The number of benzene rings is 1. The lowest BCUT2D eigenvalue weighted by Crippen LogP contribution is -2.19. The Morgan fingerprint density at radius 2 is 1.89 bits per heavy atom. The van der Waals surface area contributed by atoms with Crippen molar-refractivity contribution in [2.24, 2.45) is 5.92 Å². The van der Waals surface area contributed by atoms with E-state index < -0.39 is 0 Å². The van der Waals surface area contributed by atoms with Crippen LogP contribution in [0, 0.1) is 5.92 Å². The van der Waals surface area contributed by atoms with Crippen molar-refractivity contribution >= 4 is 44.5 Å². The number of rotatable bonds is 9. The minimum absolute atomic E-state index is 0.120. The Kier molecular flexibility index (Phi) is 6.10. The Morgan fingerprint density at radius 3 is 2.68 bits per heavy atom. The number of aromatic nitrogens is 4. The van der Waals surface area contributed by atoms with Crippen LogP contribution in [0.15, 0.2) is 24.3 Å². The Balaban J connectivity index is 1.51. The lowest BCUT2D eigenvalue weighted by molar-refractivity contribution is 0.292. The molecule has 5 N–H and O–H groups in total. The van der Waals surface area contributed by atoms with Crippen LogP contribution in [0.5, 0.6) is 0 Å². The van der Waals surface area contributed by atoms with Crippen LogP contribution in [0.25, 0.3) is 10.2 Å². The highest BCUT2D eigenvalue weighted by atomic mass is 32.1. The zero-order chi connectivity index (χ0) is 19.2. The zero-order valence-corrected chi connectivity index (χ0v) is 16.3. The zero-order valence-electron chi connectivity index (χ0n) is 15.5. The first-order valence-electron chi connectivity index (χ1n) is 9.48. The monoisotopic (exact) mass is 400 g/mol. The molecule has 1 fully saturated rings. The van der Waals surface area contributed by atoms with E-state index >= 15 is 0 Å². The summed E-state index contributed by atoms with van der Waals surface area (Å²) < 4.78 is 1.10. The second-order valence-corrected chi connectivity index (χ2v) is 7.69. The third-order valence-corrected chi connectivity index (χ3v) is 5.43. The second-order valence-electron chi connectivity index (χ2n) is 6.66. The minimum atomic E-state index is 0.120. The van der Waals surface area contributed by atoms with E-state index in [1.807, 2.05) is 24.3 Å². The molecule has 1 aliphatic heterocycles. The van der Waals surface area contributed by atoms with Crippen LogP contribution in [0.1, 0.15) is 12.8 Å². The van der Waals surface area contributed by atoms with Crippen LogP contribution in [0.3, 0.4) is 0 Å². The van der Waals surface area contributed by atoms with Gasteiger partial charge in [-0.3, -0.25) is 5.32 Å². The molecule has 4 rings (SSSR count). The number of hydrogen-bond donors (Lipinski definition) is 5. The number of nitrogens with zero attached hydrogens (tertiary/aromatic N) is 4. The van der Waals surface area contributed by atoms with E-state index in [0.717, 1.165) is 41.4 Å². The summed E-state index contributed by atoms with van der Waals surface area (Å²) in [7, 11) is 0. The van der Waals surface area contributed by atoms with Gasteiger partial charge < -0.3 is 21.1 Å². The maximum absolute atomic E-state index is 8.99. The molecule has 1 aliphatic rings. The average Bonchev–Trinajstić information content (AvgIpc) is 3.35. The number of fused-ring (bicyclic) bond motifs is 1. The van der Waals surface area contributed by atoms with E-state index in [1.54, 1.807) is 11.3 Å². The number of hydrogen-bond acceptors (Lipinski definition) is 10. The largest absolute Gasteiger partial charge is 0.396 e. The molecule has 28 heavy (non-hydrogen) atoms. The average molecular weight is 401 g/mol. The molecule has 1 aromatic carbocycles. The molecule has 9 nitrogen and oxygen atoms in total. The van der Waals surface area contributed by atoms with Gasteiger partial charge >= 0.3 is 0 Å². The van der Waals surface area contributed by atoms with Gasteiger partial charge in [-0.15, -0.1) is 0 Å². The van der Waals surface area contributed by atoms with Gasteiger partial charge in [0.1, 0.15) is 0 Å². The number of para-hydroxylation sites is 1. The molecule has 3 aromatic rings. The Hall–Kier alpha value is -2.56. The van der Waals surface area contributed by atoms with Crippen LogP contribution < -0.4 is 21.3 Å². The molecule has 3 heterocycles. The van der Waals surface area contributed by atoms with Crippen LogP contribution in [-0.2, 0) is 0 Å². The van der Waals surface area contributed by atoms with Crippen molar-refractivity contribution in [1.29, 1.82) is 0 Å². The molecule has 0 aliphatic carbocycles. The molecule has 1 saturated heterocycles. The van der Waals surface area contributed by atoms with Crippen molar-refractivity contribution in [1.82, 2.24) is 25.3 Å². The van der Waals surface area contributed by atoms with Crippen LogP contribution in [-0.4, -0.2) is 57.8 Å². The van der Waals surface area contributed by atoms with E-state index in [0.29, 0.717) is 36.7 Å². The standard InChI is InChI=1S/C18H24N8OS/c27-9-3-7-20-15-23-16(21-11-12-6-8-19-10-12)25-17(24-15)26-18-22-13-4-1-2-5-14(13)28-18/h1-2,4-5,12,19,27H,3,6-11H2,(H3,20,21,22,23,24,25,26). The Labute approximate surface area is 167 Å². The van der Waals surface area contributed by atoms with Crippen LogP contribution in [0.4, 0.5) is 23.0 Å². The third-order valence-electron chi connectivity index (χ3n) is 4.48. The number of thiazole rings is 1. The summed E-state index contributed by atoms with van der Waals surface area (Å²) in [5.74, 6) is 2.01. The molecular formula is C18H24N8OS. The summed E-state index contributed by atoms with van der Waals surface area (Å²) in [6.07, 6.45) is 1.78. The maximum Gasteiger partial charge on any atom is 0.235 e. The van der Waals surface area contributed by atoms with Crippen molar-refractivity contribution < 1.29 is 5.11 Å². The van der Waals surface area contributed by atoms with Gasteiger partial charge in [0.2, 0.25) is 17.8 Å². The molecule has 10 heteroatoms. The SMILES string of the molecule is OCCCNc1nc(NCC2CCNC2)nc(Nc2nc3ccccc3s2)n1. The highest BCUT2D eigenvalue weighted by Crippen LogP contribution is 2.27. The van der Waals surface area contributed by atoms with Gasteiger partial charge in [0.05, 0.1) is 10.2 Å². The smallest absolute Gasteiger partial charge is 0.235 e. The number of aliphatic hydroxyl groups excluding tert-OH is 1. The number of nitrogens with one attached hydrogen (secondary N) is 4. The number of aliphatic hydroxyl groups is 1. The topological polar surface area (TPSA) is 120 Å². The second kappa shape index (κ2) is 9.09. The van der Waals surface area contributed by atoms with E-state index in [-0.39, 0.29) is 6.61 Å².